The van der Waals surface area contributed by atoms with E-state index in [4.69, 9.17) is 22.2 Å². The van der Waals surface area contributed by atoms with Gasteiger partial charge >= 0.3 is 6.69 Å². The van der Waals surface area contributed by atoms with Crippen molar-refractivity contribution >= 4 is 28.9 Å². The van der Waals surface area contributed by atoms with Crippen LogP contribution in [0.3, 0.4) is 0 Å². The molecule has 0 fully saturated rings. The highest BCUT2D eigenvalue weighted by atomic mass is 35.7. The van der Waals surface area contributed by atoms with Crippen LogP contribution in [0.5, 0.6) is 0 Å². The fraction of sp³-hybridized carbons (Fsp3) is 1.00. The first-order chi connectivity index (χ1) is 3.81. The molecule has 0 rings (SSSR count). The molecule has 0 aromatic rings. The minimum atomic E-state index is -3.65. The third kappa shape index (κ3) is 2.35. The average molecular weight is 197 g/mol. The van der Waals surface area contributed by atoms with Crippen molar-refractivity contribution in [1.29, 1.82) is 0 Å². The monoisotopic (exact) mass is 196 g/mol. The molecule has 6 heteroatoms. The van der Waals surface area contributed by atoms with Gasteiger partial charge in [-0.15, -0.1) is 22.2 Å². The summed E-state index contributed by atoms with van der Waals surface area (Å²) in [5.74, 6) is 0. The summed E-state index contributed by atoms with van der Waals surface area (Å²) in [6.07, 6.45) is 0. The number of halogens is 5. The molecule has 0 aliphatic carbocycles. The lowest BCUT2D eigenvalue weighted by molar-refractivity contribution is 0.0571. The Morgan fingerprint density at radius 3 is 1.78 bits per heavy atom. The van der Waals surface area contributed by atoms with Crippen molar-refractivity contribution in [2.45, 2.75) is 12.1 Å². The van der Waals surface area contributed by atoms with Crippen LogP contribution >= 0.6 is 22.2 Å². The standard InChI is InChI=1S/C3H5Cl2F3Si/c1-9(4,5)3(7,8)2-6/h2H2,1H3. The van der Waals surface area contributed by atoms with Gasteiger partial charge in [0, 0.05) is 0 Å². The summed E-state index contributed by atoms with van der Waals surface area (Å²) in [5, 5.41) is 0. The zero-order valence-electron chi connectivity index (χ0n) is 4.60. The van der Waals surface area contributed by atoms with Gasteiger partial charge in [0.1, 0.15) is 0 Å². The summed E-state index contributed by atoms with van der Waals surface area (Å²) in [4.78, 5) is 0. The topological polar surface area (TPSA) is 0 Å². The second-order valence-corrected chi connectivity index (χ2v) is 9.35. The maximum absolute atomic E-state index is 12.1. The van der Waals surface area contributed by atoms with Crippen LogP contribution < -0.4 is 0 Å². The van der Waals surface area contributed by atoms with Gasteiger partial charge in [-0.25, -0.2) is 13.2 Å². The van der Waals surface area contributed by atoms with Gasteiger partial charge in [-0.2, -0.15) is 0 Å². The Bertz CT molecular complexity index is 99.7. The average Bonchev–Trinajstić information content (AvgIpc) is 1.64. The molecule has 0 aliphatic rings. The molecule has 0 unspecified atom stereocenters. The van der Waals surface area contributed by atoms with Crippen molar-refractivity contribution in [3.63, 3.8) is 0 Å². The maximum atomic E-state index is 12.1. The van der Waals surface area contributed by atoms with Crippen LogP contribution in [0.2, 0.25) is 6.55 Å². The SMILES string of the molecule is C[Si](Cl)(Cl)C(F)(F)CF. The van der Waals surface area contributed by atoms with E-state index in [2.05, 4.69) is 0 Å². The van der Waals surface area contributed by atoms with E-state index in [1.54, 1.807) is 0 Å². The molecule has 0 aromatic carbocycles. The molecule has 0 bridgehead atoms. The second-order valence-electron chi connectivity index (χ2n) is 1.73. The second kappa shape index (κ2) is 2.68. The largest absolute Gasteiger partial charge is 0.326 e. The Balaban J connectivity index is 4.14. The molecule has 0 heterocycles. The van der Waals surface area contributed by atoms with Crippen LogP contribution in [-0.2, 0) is 0 Å². The molecule has 0 radical (unpaired) electrons. The molecular formula is C3H5Cl2F3Si. The summed E-state index contributed by atoms with van der Waals surface area (Å²) < 4.78 is 35.5. The maximum Gasteiger partial charge on any atom is 0.326 e. The lowest BCUT2D eigenvalue weighted by atomic mass is 10.8. The quantitative estimate of drug-likeness (QED) is 0.471. The number of alkyl halides is 3. The predicted molar refractivity (Wildman–Crippen MR) is 34.2 cm³/mol. The molecule has 9 heavy (non-hydrogen) atoms. The van der Waals surface area contributed by atoms with Gasteiger partial charge in [0.25, 0.3) is 5.55 Å². The summed E-state index contributed by atoms with van der Waals surface area (Å²) in [6.45, 7) is -4.44. The van der Waals surface area contributed by atoms with Crippen LogP contribution in [0.25, 0.3) is 0 Å². The van der Waals surface area contributed by atoms with E-state index in [0.29, 0.717) is 0 Å². The highest BCUT2D eigenvalue weighted by molar-refractivity contribution is 7.45. The molecule has 0 aliphatic heterocycles. The van der Waals surface area contributed by atoms with E-state index in [9.17, 15) is 13.2 Å². The van der Waals surface area contributed by atoms with Crippen molar-refractivity contribution in [3.05, 3.63) is 0 Å². The zero-order valence-corrected chi connectivity index (χ0v) is 7.11. The molecule has 0 N–H and O–H groups in total. The van der Waals surface area contributed by atoms with E-state index in [1.807, 2.05) is 0 Å². The Morgan fingerprint density at radius 2 is 1.78 bits per heavy atom. The van der Waals surface area contributed by atoms with Gasteiger partial charge in [0.15, 0.2) is 6.67 Å². The smallest absolute Gasteiger partial charge is 0.245 e. The molecule has 0 saturated carbocycles. The van der Waals surface area contributed by atoms with E-state index >= 15 is 0 Å². The van der Waals surface area contributed by atoms with Gasteiger partial charge in [-0.1, -0.05) is 0 Å². The van der Waals surface area contributed by atoms with Crippen molar-refractivity contribution < 1.29 is 13.2 Å². The molecule has 0 aromatic heterocycles. The van der Waals surface area contributed by atoms with Gasteiger partial charge < -0.3 is 0 Å². The van der Waals surface area contributed by atoms with Crippen molar-refractivity contribution in [2.24, 2.45) is 0 Å². The molecule has 56 valence electrons. The molecule has 0 spiro atoms. The molecule has 0 atom stereocenters. The number of rotatable bonds is 2. The van der Waals surface area contributed by atoms with Crippen molar-refractivity contribution in [1.82, 2.24) is 0 Å². The Morgan fingerprint density at radius 1 is 1.44 bits per heavy atom. The zero-order chi connectivity index (χ0) is 7.71. The summed E-state index contributed by atoms with van der Waals surface area (Å²) >= 11 is 10.1. The Kier molecular flexibility index (Phi) is 2.85. The lowest BCUT2D eigenvalue weighted by Crippen LogP contribution is -2.42. The van der Waals surface area contributed by atoms with Gasteiger partial charge in [-0.3, -0.25) is 0 Å². The van der Waals surface area contributed by atoms with E-state index in [1.165, 1.54) is 0 Å². The third-order valence-corrected chi connectivity index (χ3v) is 3.89. The molecule has 0 saturated heterocycles. The fourth-order valence-electron chi connectivity index (χ4n) is 0.117. The van der Waals surface area contributed by atoms with E-state index in [0.717, 1.165) is 6.55 Å². The van der Waals surface area contributed by atoms with Crippen molar-refractivity contribution in [3.8, 4) is 0 Å². The van der Waals surface area contributed by atoms with Crippen LogP contribution in [0.4, 0.5) is 13.2 Å². The molecule has 0 amide bonds. The summed E-state index contributed by atoms with van der Waals surface area (Å²) in [7, 11) is 0. The highest BCUT2D eigenvalue weighted by Crippen LogP contribution is 2.33. The van der Waals surface area contributed by atoms with E-state index in [-0.39, 0.29) is 0 Å². The number of hydrogen-bond donors (Lipinski definition) is 0. The van der Waals surface area contributed by atoms with Crippen LogP contribution in [0, 0.1) is 0 Å². The van der Waals surface area contributed by atoms with Crippen molar-refractivity contribution in [2.75, 3.05) is 6.67 Å². The number of hydrogen-bond acceptors (Lipinski definition) is 0. The first-order valence-electron chi connectivity index (χ1n) is 2.13. The lowest BCUT2D eigenvalue weighted by Gasteiger charge is -2.19. The van der Waals surface area contributed by atoms with E-state index < -0.39 is 18.9 Å². The predicted octanol–water partition coefficient (Wildman–Crippen LogP) is 2.68. The first-order valence-corrected chi connectivity index (χ1v) is 6.65. The third-order valence-electron chi connectivity index (χ3n) is 0.810. The minimum Gasteiger partial charge on any atom is -0.245 e. The Labute approximate surface area is 61.4 Å². The molecule has 0 nitrogen and oxygen atoms in total. The van der Waals surface area contributed by atoms with Crippen LogP contribution in [0.15, 0.2) is 0 Å². The summed E-state index contributed by atoms with van der Waals surface area (Å²) in [5.41, 5.74) is -3.52. The van der Waals surface area contributed by atoms with Crippen LogP contribution in [-0.4, -0.2) is 18.9 Å². The van der Waals surface area contributed by atoms with Gasteiger partial charge in [0.05, 0.1) is 0 Å². The first kappa shape index (κ1) is 9.59. The fourth-order valence-corrected chi connectivity index (χ4v) is 0.655. The highest BCUT2D eigenvalue weighted by Gasteiger charge is 2.51. The molecular weight excluding hydrogens is 192 g/mol. The minimum absolute atomic E-state index is 0.982. The van der Waals surface area contributed by atoms with Gasteiger partial charge in [-0.05, 0) is 6.55 Å². The summed E-state index contributed by atoms with van der Waals surface area (Å²) in [6, 6.07) is 0. The normalized spacial score (nSPS) is 14.0. The Hall–Kier alpha value is 0.587. The van der Waals surface area contributed by atoms with Gasteiger partial charge in [0.2, 0.25) is 0 Å². The van der Waals surface area contributed by atoms with Crippen LogP contribution in [0.1, 0.15) is 0 Å².